The van der Waals surface area contributed by atoms with Gasteiger partial charge in [-0.05, 0) is 48.9 Å². The lowest BCUT2D eigenvalue weighted by Crippen LogP contribution is -2.23. The molecule has 1 amide bonds. The van der Waals surface area contributed by atoms with Crippen LogP contribution in [-0.4, -0.2) is 31.7 Å². The maximum atomic E-state index is 12.7. The van der Waals surface area contributed by atoms with E-state index in [0.29, 0.717) is 35.3 Å². The summed E-state index contributed by atoms with van der Waals surface area (Å²) in [6, 6.07) is 16.1. The van der Waals surface area contributed by atoms with Gasteiger partial charge in [0.1, 0.15) is 11.5 Å². The Morgan fingerprint density at radius 2 is 1.74 bits per heavy atom. The van der Waals surface area contributed by atoms with E-state index in [4.69, 9.17) is 18.9 Å². The summed E-state index contributed by atoms with van der Waals surface area (Å²) >= 11 is 0. The van der Waals surface area contributed by atoms with Crippen molar-refractivity contribution in [1.82, 2.24) is 10.3 Å². The monoisotopic (exact) mass is 422 g/mol. The second kappa shape index (κ2) is 10.9. The van der Waals surface area contributed by atoms with Gasteiger partial charge in [-0.15, -0.1) is 0 Å². The lowest BCUT2D eigenvalue weighted by Gasteiger charge is -2.14. The number of carbonyl (C=O) groups excluding carboxylic acids is 1. The number of pyridine rings is 1. The van der Waals surface area contributed by atoms with Gasteiger partial charge in [-0.25, -0.2) is 4.98 Å². The van der Waals surface area contributed by atoms with Gasteiger partial charge < -0.3 is 24.3 Å². The van der Waals surface area contributed by atoms with Crippen molar-refractivity contribution >= 4 is 5.91 Å². The summed E-state index contributed by atoms with van der Waals surface area (Å²) < 4.78 is 22.1. The van der Waals surface area contributed by atoms with E-state index >= 15 is 0 Å². The van der Waals surface area contributed by atoms with Gasteiger partial charge in [0, 0.05) is 18.3 Å². The Balaban J connectivity index is 1.69. The molecule has 0 aliphatic heterocycles. The molecule has 0 radical (unpaired) electrons. The Morgan fingerprint density at radius 1 is 0.968 bits per heavy atom. The molecule has 7 nitrogen and oxygen atoms in total. The van der Waals surface area contributed by atoms with Crippen LogP contribution in [0.2, 0.25) is 0 Å². The molecule has 0 spiro atoms. The first-order valence-corrected chi connectivity index (χ1v) is 10.00. The fourth-order valence-electron chi connectivity index (χ4n) is 2.92. The molecule has 1 heterocycles. The van der Waals surface area contributed by atoms with Crippen LogP contribution in [0.15, 0.2) is 60.8 Å². The van der Waals surface area contributed by atoms with Gasteiger partial charge in [-0.3, -0.25) is 4.79 Å². The summed E-state index contributed by atoms with van der Waals surface area (Å²) in [5, 5.41) is 2.89. The van der Waals surface area contributed by atoms with Crippen molar-refractivity contribution in [2.24, 2.45) is 0 Å². The minimum atomic E-state index is -0.289. The number of benzene rings is 2. The molecule has 0 aliphatic rings. The maximum Gasteiger partial charge on any atom is 0.255 e. The molecule has 0 bridgehead atoms. The first kappa shape index (κ1) is 22.0. The van der Waals surface area contributed by atoms with E-state index in [2.05, 4.69) is 17.2 Å². The number of nitrogens with zero attached hydrogens (tertiary/aromatic N) is 1. The Kier molecular flexibility index (Phi) is 7.70. The highest BCUT2D eigenvalue weighted by atomic mass is 16.5. The average molecular weight is 422 g/mol. The molecular formula is C24H26N2O5. The molecule has 31 heavy (non-hydrogen) atoms. The fraction of sp³-hybridized carbons (Fsp3) is 0.250. The second-order valence-corrected chi connectivity index (χ2v) is 6.61. The minimum Gasteiger partial charge on any atom is -0.494 e. The van der Waals surface area contributed by atoms with Crippen LogP contribution < -0.4 is 24.3 Å². The van der Waals surface area contributed by atoms with E-state index in [1.54, 1.807) is 30.5 Å². The molecule has 0 aliphatic carbocycles. The van der Waals surface area contributed by atoms with Gasteiger partial charge in [0.2, 0.25) is 5.88 Å². The van der Waals surface area contributed by atoms with Crippen LogP contribution in [-0.2, 0) is 6.54 Å². The minimum absolute atomic E-state index is 0.236. The SMILES string of the molecule is CCCOc1ccc(Oc2ncccc2CNC(=O)c2cccc(OC)c2OC)cc1. The van der Waals surface area contributed by atoms with Crippen molar-refractivity contribution in [3.63, 3.8) is 0 Å². The molecular weight excluding hydrogens is 396 g/mol. The number of para-hydroxylation sites is 1. The predicted molar refractivity (Wildman–Crippen MR) is 117 cm³/mol. The molecule has 0 fully saturated rings. The van der Waals surface area contributed by atoms with Crippen LogP contribution in [0.1, 0.15) is 29.3 Å². The second-order valence-electron chi connectivity index (χ2n) is 6.61. The number of ether oxygens (including phenoxy) is 4. The lowest BCUT2D eigenvalue weighted by atomic mass is 10.1. The highest BCUT2D eigenvalue weighted by Crippen LogP contribution is 2.31. The number of methoxy groups -OCH3 is 2. The fourth-order valence-corrected chi connectivity index (χ4v) is 2.92. The largest absolute Gasteiger partial charge is 0.494 e. The average Bonchev–Trinajstić information content (AvgIpc) is 2.82. The van der Waals surface area contributed by atoms with Crippen LogP contribution in [0.25, 0.3) is 0 Å². The van der Waals surface area contributed by atoms with Crippen LogP contribution in [0, 0.1) is 0 Å². The third-order valence-electron chi connectivity index (χ3n) is 4.45. The van der Waals surface area contributed by atoms with Gasteiger partial charge in [-0.2, -0.15) is 0 Å². The number of hydrogen-bond acceptors (Lipinski definition) is 6. The summed E-state index contributed by atoms with van der Waals surface area (Å²) in [5.41, 5.74) is 1.12. The topological polar surface area (TPSA) is 78.9 Å². The van der Waals surface area contributed by atoms with Crippen LogP contribution in [0.4, 0.5) is 0 Å². The molecule has 3 aromatic rings. The maximum absolute atomic E-state index is 12.7. The van der Waals surface area contributed by atoms with Crippen molar-refractivity contribution in [2.45, 2.75) is 19.9 Å². The third kappa shape index (κ3) is 5.66. The molecule has 162 valence electrons. The summed E-state index contributed by atoms with van der Waals surface area (Å²) in [4.78, 5) is 17.0. The molecule has 1 aromatic heterocycles. The van der Waals surface area contributed by atoms with Crippen molar-refractivity contribution < 1.29 is 23.7 Å². The summed E-state index contributed by atoms with van der Waals surface area (Å²) in [5.74, 6) is 2.42. The number of carbonyl (C=O) groups is 1. The van der Waals surface area contributed by atoms with Crippen molar-refractivity contribution in [1.29, 1.82) is 0 Å². The van der Waals surface area contributed by atoms with Crippen molar-refractivity contribution in [3.05, 3.63) is 71.9 Å². The predicted octanol–water partition coefficient (Wildman–Crippen LogP) is 4.61. The number of amides is 1. The summed E-state index contributed by atoms with van der Waals surface area (Å²) in [6.45, 7) is 2.96. The van der Waals surface area contributed by atoms with Crippen LogP contribution in [0.3, 0.4) is 0 Å². The van der Waals surface area contributed by atoms with Crippen molar-refractivity contribution in [2.75, 3.05) is 20.8 Å². The molecule has 3 rings (SSSR count). The molecule has 7 heteroatoms. The molecule has 2 aromatic carbocycles. The zero-order chi connectivity index (χ0) is 22.1. The molecule has 0 atom stereocenters. The lowest BCUT2D eigenvalue weighted by molar-refractivity contribution is 0.0947. The van der Waals surface area contributed by atoms with E-state index in [0.717, 1.165) is 17.7 Å². The zero-order valence-electron chi connectivity index (χ0n) is 17.9. The number of nitrogens with one attached hydrogen (secondary N) is 1. The van der Waals surface area contributed by atoms with E-state index in [9.17, 15) is 4.79 Å². The number of rotatable bonds is 10. The van der Waals surface area contributed by atoms with E-state index in [1.807, 2.05) is 30.3 Å². The smallest absolute Gasteiger partial charge is 0.255 e. The highest BCUT2D eigenvalue weighted by Gasteiger charge is 2.17. The Morgan fingerprint density at radius 3 is 2.45 bits per heavy atom. The number of aromatic nitrogens is 1. The Hall–Kier alpha value is -3.74. The first-order valence-electron chi connectivity index (χ1n) is 10.00. The highest BCUT2D eigenvalue weighted by molar-refractivity contribution is 5.97. The normalized spacial score (nSPS) is 10.3. The Labute approximate surface area is 181 Å². The van der Waals surface area contributed by atoms with E-state index < -0.39 is 0 Å². The third-order valence-corrected chi connectivity index (χ3v) is 4.45. The standard InChI is InChI=1S/C24H26N2O5/c1-4-15-30-18-10-12-19(13-11-18)31-24-17(7-6-14-25-24)16-26-23(27)20-8-5-9-21(28-2)22(20)29-3/h5-14H,4,15-16H2,1-3H3,(H,26,27). The van der Waals surface area contributed by atoms with Gasteiger partial charge in [0.05, 0.1) is 26.4 Å². The first-order chi connectivity index (χ1) is 15.2. The number of hydrogen-bond donors (Lipinski definition) is 1. The molecule has 0 saturated carbocycles. The van der Waals surface area contributed by atoms with Crippen LogP contribution >= 0.6 is 0 Å². The van der Waals surface area contributed by atoms with Gasteiger partial charge in [0.15, 0.2) is 11.5 Å². The zero-order valence-corrected chi connectivity index (χ0v) is 17.9. The molecule has 0 unspecified atom stereocenters. The molecule has 0 saturated heterocycles. The quantitative estimate of drug-likeness (QED) is 0.514. The molecule has 1 N–H and O–H groups in total. The van der Waals surface area contributed by atoms with Crippen LogP contribution in [0.5, 0.6) is 28.9 Å². The van der Waals surface area contributed by atoms with E-state index in [1.165, 1.54) is 14.2 Å². The van der Waals surface area contributed by atoms with Gasteiger partial charge >= 0.3 is 0 Å². The Bertz CT molecular complexity index is 1010. The summed E-state index contributed by atoms with van der Waals surface area (Å²) in [6.07, 6.45) is 2.59. The summed E-state index contributed by atoms with van der Waals surface area (Å²) in [7, 11) is 3.03. The van der Waals surface area contributed by atoms with Gasteiger partial charge in [0.25, 0.3) is 5.91 Å². The van der Waals surface area contributed by atoms with Crippen molar-refractivity contribution in [3.8, 4) is 28.9 Å². The van der Waals surface area contributed by atoms with E-state index in [-0.39, 0.29) is 12.5 Å². The van der Waals surface area contributed by atoms with Gasteiger partial charge in [-0.1, -0.05) is 19.1 Å².